The molecule has 1 aliphatic rings. The monoisotopic (exact) mass is 496 g/mol. The first-order valence-electron chi connectivity index (χ1n) is 11.3. The number of benzene rings is 1. The Hall–Kier alpha value is -2.90. The average Bonchev–Trinajstić information content (AvgIpc) is 3.31. The molecule has 0 amide bonds. The van der Waals surface area contributed by atoms with E-state index in [0.29, 0.717) is 29.5 Å². The van der Waals surface area contributed by atoms with Crippen LogP contribution in [0.4, 0.5) is 0 Å². The van der Waals surface area contributed by atoms with Crippen molar-refractivity contribution in [3.05, 3.63) is 81.9 Å². The van der Waals surface area contributed by atoms with Gasteiger partial charge in [0.25, 0.3) is 0 Å². The second-order valence-electron chi connectivity index (χ2n) is 8.59. The number of hydrogen-bond donors (Lipinski definition) is 1. The van der Waals surface area contributed by atoms with E-state index in [-0.39, 0.29) is 18.1 Å². The number of halogens is 1. The highest BCUT2D eigenvalue weighted by Crippen LogP contribution is 2.41. The molecule has 178 valence electrons. The number of nitrogens with one attached hydrogen (secondary N) is 1. The van der Waals surface area contributed by atoms with Gasteiger partial charge in [-0.2, -0.15) is 0 Å². The molecule has 3 heterocycles. The topological polar surface area (TPSA) is 59.4 Å². The Morgan fingerprint density at radius 1 is 1.21 bits per heavy atom. The summed E-state index contributed by atoms with van der Waals surface area (Å²) in [5, 5.41) is 4.85. The van der Waals surface area contributed by atoms with E-state index in [1.54, 1.807) is 6.20 Å². The summed E-state index contributed by atoms with van der Waals surface area (Å²) >= 11 is 12.1. The zero-order chi connectivity index (χ0) is 24.4. The molecule has 1 N–H and O–H groups in total. The molecule has 1 aliphatic heterocycles. The number of aromatic nitrogens is 2. The van der Waals surface area contributed by atoms with E-state index in [1.807, 2.05) is 36.4 Å². The summed E-state index contributed by atoms with van der Waals surface area (Å²) in [6.45, 7) is 6.96. The van der Waals surface area contributed by atoms with Crippen LogP contribution in [0.25, 0.3) is 5.69 Å². The molecular formula is C26H29ClN4O2S. The van der Waals surface area contributed by atoms with E-state index < -0.39 is 0 Å². The van der Waals surface area contributed by atoms with Gasteiger partial charge in [-0.15, -0.1) is 0 Å². The van der Waals surface area contributed by atoms with E-state index in [2.05, 4.69) is 46.6 Å². The largest absolute Gasteiger partial charge is 0.469 e. The molecule has 0 spiro atoms. The van der Waals surface area contributed by atoms with Crippen LogP contribution >= 0.6 is 23.8 Å². The van der Waals surface area contributed by atoms with Crippen LogP contribution in [0, 0.1) is 20.8 Å². The molecule has 0 unspecified atom stereocenters. The van der Waals surface area contributed by atoms with Gasteiger partial charge in [0.1, 0.15) is 0 Å². The van der Waals surface area contributed by atoms with Gasteiger partial charge in [0.05, 0.1) is 24.9 Å². The fraction of sp³-hybridized carbons (Fsp3) is 0.346. The van der Waals surface area contributed by atoms with E-state index >= 15 is 0 Å². The van der Waals surface area contributed by atoms with Crippen LogP contribution in [0.1, 0.15) is 53.1 Å². The van der Waals surface area contributed by atoms with Gasteiger partial charge in [0, 0.05) is 41.3 Å². The number of carbonyl (C=O) groups excluding carboxylic acids is 1. The molecular weight excluding hydrogens is 468 g/mol. The molecule has 3 aromatic rings. The second kappa shape index (κ2) is 10.2. The quantitative estimate of drug-likeness (QED) is 0.350. The van der Waals surface area contributed by atoms with Crippen LogP contribution < -0.4 is 5.32 Å². The lowest BCUT2D eigenvalue weighted by molar-refractivity contribution is -0.140. The van der Waals surface area contributed by atoms with Crippen molar-refractivity contribution in [3.63, 3.8) is 0 Å². The predicted octanol–water partition coefficient (Wildman–Crippen LogP) is 5.38. The minimum absolute atomic E-state index is 0.0699. The Balaban J connectivity index is 1.78. The van der Waals surface area contributed by atoms with Gasteiger partial charge >= 0.3 is 5.97 Å². The molecule has 0 radical (unpaired) electrons. The van der Waals surface area contributed by atoms with Gasteiger partial charge < -0.3 is 19.5 Å². The lowest BCUT2D eigenvalue weighted by Crippen LogP contribution is -2.31. The van der Waals surface area contributed by atoms with Crippen LogP contribution in [0.15, 0.2) is 48.7 Å². The van der Waals surface area contributed by atoms with Crippen molar-refractivity contribution < 1.29 is 9.53 Å². The lowest BCUT2D eigenvalue weighted by atomic mass is 9.96. The Morgan fingerprint density at radius 2 is 2.00 bits per heavy atom. The Morgan fingerprint density at radius 3 is 2.71 bits per heavy atom. The first-order chi connectivity index (χ1) is 16.3. The molecule has 4 rings (SSSR count). The number of aryl methyl sites for hydroxylation is 2. The van der Waals surface area contributed by atoms with Crippen molar-refractivity contribution in [3.8, 4) is 5.69 Å². The number of nitrogens with zero attached hydrogens (tertiary/aromatic N) is 3. The van der Waals surface area contributed by atoms with E-state index in [9.17, 15) is 4.79 Å². The summed E-state index contributed by atoms with van der Waals surface area (Å²) in [5.74, 6) is -0.217. The highest BCUT2D eigenvalue weighted by Gasteiger charge is 2.41. The Bertz CT molecular complexity index is 1210. The standard InChI is InChI=1S/C26H29ClN4O2S/c1-16-10-11-19(27)15-22(16)31-17(2)14-20(18(31)3)25-24(21-8-5-6-12-28-21)29-26(34)30(25)13-7-9-23(32)33-4/h5-6,8,10-12,14-15,24-25H,7,9,13H2,1-4H3,(H,29,34)/t24-,25+/m0/s1. The molecule has 1 fully saturated rings. The van der Waals surface area contributed by atoms with Crippen LogP contribution in [0.3, 0.4) is 0 Å². The number of methoxy groups -OCH3 is 1. The normalized spacial score (nSPS) is 17.7. The number of esters is 1. The highest BCUT2D eigenvalue weighted by molar-refractivity contribution is 7.80. The third kappa shape index (κ3) is 4.68. The minimum atomic E-state index is -0.217. The smallest absolute Gasteiger partial charge is 0.305 e. The SMILES string of the molecule is COC(=O)CCCN1C(=S)N[C@@H](c2ccccn2)[C@H]1c1cc(C)n(-c2cc(Cl)ccc2C)c1C. The molecule has 0 bridgehead atoms. The zero-order valence-electron chi connectivity index (χ0n) is 19.8. The summed E-state index contributed by atoms with van der Waals surface area (Å²) < 4.78 is 7.07. The molecule has 0 saturated carbocycles. The maximum absolute atomic E-state index is 11.7. The number of carbonyl (C=O) groups is 1. The number of rotatable bonds is 7. The van der Waals surface area contributed by atoms with Gasteiger partial charge in [0.2, 0.25) is 0 Å². The fourth-order valence-electron chi connectivity index (χ4n) is 4.76. The van der Waals surface area contributed by atoms with Gasteiger partial charge in [-0.1, -0.05) is 23.7 Å². The number of hydrogen-bond acceptors (Lipinski definition) is 4. The van der Waals surface area contributed by atoms with Gasteiger partial charge in [0.15, 0.2) is 5.11 Å². The van der Waals surface area contributed by atoms with E-state index in [4.69, 9.17) is 28.6 Å². The zero-order valence-corrected chi connectivity index (χ0v) is 21.4. The third-order valence-electron chi connectivity index (χ3n) is 6.41. The third-order valence-corrected chi connectivity index (χ3v) is 6.99. The molecule has 6 nitrogen and oxygen atoms in total. The first kappa shape index (κ1) is 24.2. The van der Waals surface area contributed by atoms with E-state index in [0.717, 1.165) is 33.9 Å². The van der Waals surface area contributed by atoms with E-state index in [1.165, 1.54) is 7.11 Å². The molecule has 0 aliphatic carbocycles. The van der Waals surface area contributed by atoms with Crippen LogP contribution in [-0.2, 0) is 9.53 Å². The Labute approximate surface area is 210 Å². The Kier molecular flexibility index (Phi) is 7.24. The molecule has 1 saturated heterocycles. The summed E-state index contributed by atoms with van der Waals surface area (Å²) in [6, 6.07) is 13.9. The molecule has 2 aromatic heterocycles. The summed E-state index contributed by atoms with van der Waals surface area (Å²) in [5.41, 5.74) is 6.54. The minimum Gasteiger partial charge on any atom is -0.469 e. The molecule has 34 heavy (non-hydrogen) atoms. The summed E-state index contributed by atoms with van der Waals surface area (Å²) in [7, 11) is 1.41. The average molecular weight is 497 g/mol. The van der Waals surface area contributed by atoms with Crippen LogP contribution in [0.2, 0.25) is 5.02 Å². The molecule has 2 atom stereocenters. The van der Waals surface area contributed by atoms with Gasteiger partial charge in [-0.05, 0) is 80.9 Å². The maximum Gasteiger partial charge on any atom is 0.305 e. The van der Waals surface area contributed by atoms with Crippen molar-refractivity contribution in [1.82, 2.24) is 19.8 Å². The van der Waals surface area contributed by atoms with Crippen molar-refractivity contribution in [2.45, 2.75) is 45.7 Å². The van der Waals surface area contributed by atoms with Crippen LogP contribution in [-0.4, -0.2) is 39.2 Å². The van der Waals surface area contributed by atoms with Gasteiger partial charge in [-0.25, -0.2) is 0 Å². The fourth-order valence-corrected chi connectivity index (χ4v) is 5.26. The maximum atomic E-state index is 11.7. The van der Waals surface area contributed by atoms with Crippen molar-refractivity contribution in [2.75, 3.05) is 13.7 Å². The van der Waals surface area contributed by atoms with Crippen molar-refractivity contribution in [2.24, 2.45) is 0 Å². The van der Waals surface area contributed by atoms with Crippen molar-refractivity contribution >= 4 is 34.9 Å². The lowest BCUT2D eigenvalue weighted by Gasteiger charge is -2.28. The summed E-state index contributed by atoms with van der Waals surface area (Å²) in [4.78, 5) is 18.5. The highest BCUT2D eigenvalue weighted by atomic mass is 35.5. The molecule has 1 aromatic carbocycles. The number of ether oxygens (including phenoxy) is 1. The number of thiocarbonyl (C=S) groups is 1. The number of pyridine rings is 1. The first-order valence-corrected chi connectivity index (χ1v) is 12.1. The van der Waals surface area contributed by atoms with Crippen molar-refractivity contribution in [1.29, 1.82) is 0 Å². The predicted molar refractivity (Wildman–Crippen MR) is 138 cm³/mol. The summed E-state index contributed by atoms with van der Waals surface area (Å²) in [6.07, 6.45) is 2.79. The second-order valence-corrected chi connectivity index (χ2v) is 9.42. The molecule has 8 heteroatoms. The van der Waals surface area contributed by atoms with Gasteiger partial charge in [-0.3, -0.25) is 9.78 Å². The van der Waals surface area contributed by atoms with Crippen LogP contribution in [0.5, 0.6) is 0 Å².